The number of para-hydroxylation sites is 1. The molecule has 3 heterocycles. The van der Waals surface area contributed by atoms with Crippen LogP contribution in [0.3, 0.4) is 0 Å². The lowest BCUT2D eigenvalue weighted by Gasteiger charge is -2.24. The van der Waals surface area contributed by atoms with E-state index in [1.54, 1.807) is 12.3 Å². The van der Waals surface area contributed by atoms with E-state index in [4.69, 9.17) is 16.0 Å². The van der Waals surface area contributed by atoms with E-state index in [1.165, 1.54) is 22.6 Å². The fraction of sp³-hybridized carbons (Fsp3) is 0.250. The standard InChI is InChI=1S/C20H19ClN2O2S/c1-13-10-14-4-2-3-5-17(14)23(13)12-18-16(8-9-25-18)20(24)22-11-15-6-7-19(21)26-15/h2-9,13H,10-12H2,1H3,(H,22,24). The molecule has 0 radical (unpaired) electrons. The first kappa shape index (κ1) is 17.2. The second-order valence-electron chi connectivity index (χ2n) is 6.46. The Balaban J connectivity index is 1.48. The minimum Gasteiger partial charge on any atom is -0.467 e. The smallest absolute Gasteiger partial charge is 0.255 e. The molecule has 0 bridgehead atoms. The van der Waals surface area contributed by atoms with Crippen molar-refractivity contribution in [2.24, 2.45) is 0 Å². The Morgan fingerprint density at radius 2 is 2.15 bits per heavy atom. The van der Waals surface area contributed by atoms with Crippen LogP contribution in [-0.2, 0) is 19.5 Å². The number of furan rings is 1. The third-order valence-electron chi connectivity index (χ3n) is 4.70. The number of carbonyl (C=O) groups excluding carboxylic acids is 1. The highest BCUT2D eigenvalue weighted by molar-refractivity contribution is 7.16. The maximum atomic E-state index is 12.6. The average Bonchev–Trinajstić information content (AvgIpc) is 3.33. The Morgan fingerprint density at radius 1 is 1.31 bits per heavy atom. The van der Waals surface area contributed by atoms with Crippen molar-refractivity contribution in [1.29, 1.82) is 0 Å². The maximum Gasteiger partial charge on any atom is 0.255 e. The van der Waals surface area contributed by atoms with Gasteiger partial charge < -0.3 is 14.6 Å². The molecule has 2 aromatic heterocycles. The van der Waals surface area contributed by atoms with Crippen molar-refractivity contribution in [3.63, 3.8) is 0 Å². The van der Waals surface area contributed by atoms with Crippen LogP contribution in [0.5, 0.6) is 0 Å². The van der Waals surface area contributed by atoms with E-state index in [1.807, 2.05) is 18.2 Å². The number of nitrogens with one attached hydrogen (secondary N) is 1. The van der Waals surface area contributed by atoms with Gasteiger partial charge in [-0.15, -0.1) is 11.3 Å². The zero-order valence-electron chi connectivity index (χ0n) is 14.4. The third kappa shape index (κ3) is 3.37. The van der Waals surface area contributed by atoms with Crippen molar-refractivity contribution in [3.8, 4) is 0 Å². The molecule has 1 unspecified atom stereocenters. The molecule has 0 fully saturated rings. The largest absolute Gasteiger partial charge is 0.467 e. The van der Waals surface area contributed by atoms with Gasteiger partial charge in [-0.2, -0.15) is 0 Å². The van der Waals surface area contributed by atoms with Crippen molar-refractivity contribution in [2.75, 3.05) is 4.90 Å². The summed E-state index contributed by atoms with van der Waals surface area (Å²) < 4.78 is 6.37. The number of hydrogen-bond donors (Lipinski definition) is 1. The molecule has 1 atom stereocenters. The number of rotatable bonds is 5. The van der Waals surface area contributed by atoms with Gasteiger partial charge in [-0.25, -0.2) is 0 Å². The first-order valence-electron chi connectivity index (χ1n) is 8.55. The Hall–Kier alpha value is -2.24. The van der Waals surface area contributed by atoms with E-state index in [9.17, 15) is 4.79 Å². The molecule has 0 aliphatic carbocycles. The van der Waals surface area contributed by atoms with Crippen molar-refractivity contribution in [1.82, 2.24) is 5.32 Å². The molecule has 4 nitrogen and oxygen atoms in total. The van der Waals surface area contributed by atoms with Gasteiger partial charge in [0.15, 0.2) is 0 Å². The second-order valence-corrected chi connectivity index (χ2v) is 8.26. The number of carbonyl (C=O) groups is 1. The number of hydrogen-bond acceptors (Lipinski definition) is 4. The molecule has 1 aliphatic rings. The third-order valence-corrected chi connectivity index (χ3v) is 5.94. The van der Waals surface area contributed by atoms with Crippen LogP contribution in [0.4, 0.5) is 5.69 Å². The monoisotopic (exact) mass is 386 g/mol. The topological polar surface area (TPSA) is 45.5 Å². The quantitative estimate of drug-likeness (QED) is 0.680. The summed E-state index contributed by atoms with van der Waals surface area (Å²) in [5.74, 6) is 0.564. The molecule has 1 amide bonds. The van der Waals surface area contributed by atoms with Crippen LogP contribution in [0.2, 0.25) is 4.34 Å². The lowest BCUT2D eigenvalue weighted by atomic mass is 10.1. The molecule has 26 heavy (non-hydrogen) atoms. The molecule has 1 aliphatic heterocycles. The van der Waals surface area contributed by atoms with E-state index in [2.05, 4.69) is 35.3 Å². The number of anilines is 1. The zero-order chi connectivity index (χ0) is 18.1. The van der Waals surface area contributed by atoms with Gasteiger partial charge in [0.1, 0.15) is 5.76 Å². The fourth-order valence-corrected chi connectivity index (χ4v) is 4.43. The summed E-state index contributed by atoms with van der Waals surface area (Å²) in [5.41, 5.74) is 3.15. The minimum absolute atomic E-state index is 0.126. The number of halogens is 1. The number of fused-ring (bicyclic) bond motifs is 1. The van der Waals surface area contributed by atoms with E-state index in [0.29, 0.717) is 30.5 Å². The SMILES string of the molecule is CC1Cc2ccccc2N1Cc1occc1C(=O)NCc1ccc(Cl)s1. The van der Waals surface area contributed by atoms with Gasteiger partial charge in [0.2, 0.25) is 0 Å². The molecule has 6 heteroatoms. The van der Waals surface area contributed by atoms with Crippen molar-refractivity contribution >= 4 is 34.5 Å². The molecular formula is C20H19ClN2O2S. The maximum absolute atomic E-state index is 12.6. The van der Waals surface area contributed by atoms with E-state index in [0.717, 1.165) is 15.6 Å². The Kier molecular flexibility index (Phi) is 4.74. The molecular weight excluding hydrogens is 368 g/mol. The van der Waals surface area contributed by atoms with Gasteiger partial charge in [0.25, 0.3) is 5.91 Å². The van der Waals surface area contributed by atoms with Gasteiger partial charge in [0, 0.05) is 16.6 Å². The Bertz CT molecular complexity index is 933. The van der Waals surface area contributed by atoms with Crippen LogP contribution >= 0.6 is 22.9 Å². The van der Waals surface area contributed by atoms with Crippen LogP contribution in [0.15, 0.2) is 53.1 Å². The number of benzene rings is 1. The molecule has 0 saturated carbocycles. The van der Waals surface area contributed by atoms with Crippen LogP contribution in [0.1, 0.15) is 33.5 Å². The molecule has 0 spiro atoms. The average molecular weight is 387 g/mol. The summed E-state index contributed by atoms with van der Waals surface area (Å²) in [5, 5.41) is 2.94. The van der Waals surface area contributed by atoms with Gasteiger partial charge in [0.05, 0.1) is 29.3 Å². The van der Waals surface area contributed by atoms with Crippen LogP contribution < -0.4 is 10.2 Å². The first-order chi connectivity index (χ1) is 12.6. The molecule has 4 rings (SSSR count). The highest BCUT2D eigenvalue weighted by Gasteiger charge is 2.27. The second kappa shape index (κ2) is 7.17. The molecule has 1 N–H and O–H groups in total. The summed E-state index contributed by atoms with van der Waals surface area (Å²) in [7, 11) is 0. The minimum atomic E-state index is -0.126. The molecule has 134 valence electrons. The van der Waals surface area contributed by atoms with Crippen LogP contribution in [0, 0.1) is 0 Å². The molecule has 0 saturated heterocycles. The number of thiophene rings is 1. The normalized spacial score (nSPS) is 15.9. The van der Waals surface area contributed by atoms with Gasteiger partial charge in [-0.05, 0) is 43.2 Å². The Morgan fingerprint density at radius 3 is 2.96 bits per heavy atom. The lowest BCUT2D eigenvalue weighted by molar-refractivity contribution is 0.0949. The highest BCUT2D eigenvalue weighted by atomic mass is 35.5. The highest BCUT2D eigenvalue weighted by Crippen LogP contribution is 2.33. The van der Waals surface area contributed by atoms with Gasteiger partial charge in [-0.3, -0.25) is 4.79 Å². The number of amides is 1. The fourth-order valence-electron chi connectivity index (χ4n) is 3.40. The first-order valence-corrected chi connectivity index (χ1v) is 9.74. The zero-order valence-corrected chi connectivity index (χ0v) is 15.9. The summed E-state index contributed by atoms with van der Waals surface area (Å²) in [6.45, 7) is 3.24. The predicted octanol–water partition coefficient (Wildman–Crippen LogP) is 4.88. The van der Waals surface area contributed by atoms with E-state index in [-0.39, 0.29) is 5.91 Å². The summed E-state index contributed by atoms with van der Waals surface area (Å²) in [6.07, 6.45) is 2.59. The lowest BCUT2D eigenvalue weighted by Crippen LogP contribution is -2.30. The van der Waals surface area contributed by atoms with Crippen LogP contribution in [-0.4, -0.2) is 11.9 Å². The number of nitrogens with zero attached hydrogens (tertiary/aromatic N) is 1. The van der Waals surface area contributed by atoms with E-state index >= 15 is 0 Å². The Labute approximate surface area is 161 Å². The van der Waals surface area contributed by atoms with E-state index < -0.39 is 0 Å². The van der Waals surface area contributed by atoms with Gasteiger partial charge >= 0.3 is 0 Å². The van der Waals surface area contributed by atoms with Crippen molar-refractivity contribution in [3.05, 3.63) is 74.8 Å². The van der Waals surface area contributed by atoms with Gasteiger partial charge in [-0.1, -0.05) is 29.8 Å². The molecule has 1 aromatic carbocycles. The summed E-state index contributed by atoms with van der Waals surface area (Å²) in [6, 6.07) is 14.3. The van der Waals surface area contributed by atoms with Crippen molar-refractivity contribution in [2.45, 2.75) is 32.5 Å². The summed E-state index contributed by atoms with van der Waals surface area (Å²) in [4.78, 5) is 15.9. The van der Waals surface area contributed by atoms with Crippen molar-refractivity contribution < 1.29 is 9.21 Å². The predicted molar refractivity (Wildman–Crippen MR) is 105 cm³/mol. The van der Waals surface area contributed by atoms with Crippen LogP contribution in [0.25, 0.3) is 0 Å². The molecule has 3 aromatic rings. The summed E-state index contributed by atoms with van der Waals surface area (Å²) >= 11 is 7.40.